The van der Waals surface area contributed by atoms with E-state index in [1.165, 1.54) is 23.1 Å². The highest BCUT2D eigenvalue weighted by molar-refractivity contribution is 7.99. The van der Waals surface area contributed by atoms with Crippen LogP contribution in [0.5, 0.6) is 0 Å². The fourth-order valence-corrected chi connectivity index (χ4v) is 2.73. The molecule has 0 unspecified atom stereocenters. The highest BCUT2D eigenvalue weighted by atomic mass is 32.2. The van der Waals surface area contributed by atoms with Crippen molar-refractivity contribution in [2.75, 3.05) is 18.1 Å². The van der Waals surface area contributed by atoms with Crippen molar-refractivity contribution in [3.63, 3.8) is 0 Å². The van der Waals surface area contributed by atoms with Gasteiger partial charge in [0, 0.05) is 12.3 Å². The molecule has 18 heavy (non-hydrogen) atoms. The number of hydrogen-bond donors (Lipinski definition) is 2. The van der Waals surface area contributed by atoms with E-state index in [0.717, 1.165) is 17.8 Å². The largest absolute Gasteiger partial charge is 0.481 e. The maximum absolute atomic E-state index is 11.7. The summed E-state index contributed by atoms with van der Waals surface area (Å²) in [5, 5.41) is 12.2. The van der Waals surface area contributed by atoms with Crippen LogP contribution in [0.1, 0.15) is 28.0 Å². The Morgan fingerprint density at radius 1 is 1.56 bits per heavy atom. The van der Waals surface area contributed by atoms with Crippen LogP contribution in [0.25, 0.3) is 0 Å². The summed E-state index contributed by atoms with van der Waals surface area (Å²) < 4.78 is 0. The van der Waals surface area contributed by atoms with Crippen molar-refractivity contribution in [2.24, 2.45) is 0 Å². The summed E-state index contributed by atoms with van der Waals surface area (Å²) >= 11 is 2.70. The average molecular weight is 288 g/mol. The highest BCUT2D eigenvalue weighted by Crippen LogP contribution is 2.14. The Labute approximate surface area is 114 Å². The smallest absolute Gasteiger partial charge is 0.313 e. The number of thiazole rings is 1. The number of amides is 1. The lowest BCUT2D eigenvalue weighted by molar-refractivity contribution is -0.133. The number of rotatable bonds is 8. The van der Waals surface area contributed by atoms with Gasteiger partial charge < -0.3 is 10.4 Å². The minimum absolute atomic E-state index is 0.0665. The summed E-state index contributed by atoms with van der Waals surface area (Å²) in [4.78, 5) is 26.7. The van der Waals surface area contributed by atoms with Gasteiger partial charge in [0.25, 0.3) is 5.91 Å². The number of thioether (sulfide) groups is 1. The zero-order chi connectivity index (χ0) is 13.4. The third-order valence-electron chi connectivity index (χ3n) is 2.00. The zero-order valence-corrected chi connectivity index (χ0v) is 11.8. The molecular formula is C11H16N2O3S2. The molecule has 0 radical (unpaired) electrons. The number of carbonyl (C=O) groups is 2. The van der Waals surface area contributed by atoms with Gasteiger partial charge in [0.05, 0.1) is 17.0 Å². The third kappa shape index (κ3) is 5.50. The van der Waals surface area contributed by atoms with Crippen LogP contribution in [0, 0.1) is 0 Å². The standard InChI is InChI=1S/C11H16N2O3S2/c1-2-3-9-13-6-8(18-9)11(16)12-4-5-17-7-10(14)15/h6H,2-5,7H2,1H3,(H,12,16)(H,14,15). The Balaban J connectivity index is 2.25. The van der Waals surface area contributed by atoms with Crippen molar-refractivity contribution < 1.29 is 14.7 Å². The number of aryl methyl sites for hydroxylation is 1. The molecule has 0 bridgehead atoms. The van der Waals surface area contributed by atoms with Gasteiger partial charge in [-0.2, -0.15) is 0 Å². The molecule has 1 rings (SSSR count). The minimum Gasteiger partial charge on any atom is -0.481 e. The number of carboxylic acid groups (broad SMARTS) is 1. The molecule has 7 heteroatoms. The number of carbonyl (C=O) groups excluding carboxylic acids is 1. The number of aromatic nitrogens is 1. The number of carboxylic acids is 1. The van der Waals surface area contributed by atoms with Gasteiger partial charge in [-0.05, 0) is 12.8 Å². The van der Waals surface area contributed by atoms with Crippen LogP contribution >= 0.6 is 23.1 Å². The van der Waals surface area contributed by atoms with Gasteiger partial charge in [-0.1, -0.05) is 6.92 Å². The molecule has 1 amide bonds. The van der Waals surface area contributed by atoms with Crippen molar-refractivity contribution >= 4 is 35.0 Å². The molecule has 100 valence electrons. The zero-order valence-electron chi connectivity index (χ0n) is 10.1. The lowest BCUT2D eigenvalue weighted by Crippen LogP contribution is -2.25. The van der Waals surface area contributed by atoms with Gasteiger partial charge in [-0.3, -0.25) is 9.59 Å². The van der Waals surface area contributed by atoms with Crippen molar-refractivity contribution in [3.05, 3.63) is 16.1 Å². The molecule has 0 aromatic carbocycles. The van der Waals surface area contributed by atoms with Crippen LogP contribution < -0.4 is 5.32 Å². The second kappa shape index (κ2) is 8.10. The molecule has 2 N–H and O–H groups in total. The highest BCUT2D eigenvalue weighted by Gasteiger charge is 2.09. The van der Waals surface area contributed by atoms with Gasteiger partial charge >= 0.3 is 5.97 Å². The molecule has 0 aliphatic heterocycles. The van der Waals surface area contributed by atoms with Gasteiger partial charge in [-0.15, -0.1) is 23.1 Å². The van der Waals surface area contributed by atoms with E-state index in [4.69, 9.17) is 5.11 Å². The normalized spacial score (nSPS) is 10.3. The SMILES string of the molecule is CCCc1ncc(C(=O)NCCSCC(=O)O)s1. The number of nitrogens with one attached hydrogen (secondary N) is 1. The number of hydrogen-bond acceptors (Lipinski definition) is 5. The number of nitrogens with zero attached hydrogens (tertiary/aromatic N) is 1. The van der Waals surface area contributed by atoms with Crippen LogP contribution in [0.3, 0.4) is 0 Å². The van der Waals surface area contributed by atoms with E-state index in [9.17, 15) is 9.59 Å². The van der Waals surface area contributed by atoms with Crippen molar-refractivity contribution in [1.29, 1.82) is 0 Å². The van der Waals surface area contributed by atoms with Crippen LogP contribution in [0.4, 0.5) is 0 Å². The van der Waals surface area contributed by atoms with Crippen LogP contribution in [0.15, 0.2) is 6.20 Å². The Hall–Kier alpha value is -1.08. The van der Waals surface area contributed by atoms with Crippen molar-refractivity contribution in [1.82, 2.24) is 10.3 Å². The van der Waals surface area contributed by atoms with Gasteiger partial charge in [0.1, 0.15) is 4.88 Å². The quantitative estimate of drug-likeness (QED) is 0.711. The van der Waals surface area contributed by atoms with Gasteiger partial charge in [-0.25, -0.2) is 4.98 Å². The average Bonchev–Trinajstić information content (AvgIpc) is 2.77. The molecule has 0 aliphatic carbocycles. The van der Waals surface area contributed by atoms with E-state index in [-0.39, 0.29) is 11.7 Å². The summed E-state index contributed by atoms with van der Waals surface area (Å²) in [5.74, 6) is -0.306. The Bertz CT molecular complexity index is 407. The summed E-state index contributed by atoms with van der Waals surface area (Å²) in [6, 6.07) is 0. The van der Waals surface area contributed by atoms with E-state index in [0.29, 0.717) is 17.2 Å². The van der Waals surface area contributed by atoms with E-state index in [1.807, 2.05) is 0 Å². The molecule has 1 heterocycles. The summed E-state index contributed by atoms with van der Waals surface area (Å²) in [7, 11) is 0. The van der Waals surface area contributed by atoms with E-state index in [2.05, 4.69) is 17.2 Å². The van der Waals surface area contributed by atoms with Crippen LogP contribution in [0.2, 0.25) is 0 Å². The molecule has 1 aromatic heterocycles. The minimum atomic E-state index is -0.835. The molecule has 0 saturated heterocycles. The predicted octanol–water partition coefficient (Wildman–Crippen LogP) is 1.64. The monoisotopic (exact) mass is 288 g/mol. The summed E-state index contributed by atoms with van der Waals surface area (Å²) in [6.45, 7) is 2.54. The topological polar surface area (TPSA) is 79.3 Å². The molecule has 0 saturated carbocycles. The van der Waals surface area contributed by atoms with E-state index < -0.39 is 5.97 Å². The summed E-state index contributed by atoms with van der Waals surface area (Å²) in [6.07, 6.45) is 3.50. The number of aliphatic carboxylic acids is 1. The molecule has 0 spiro atoms. The maximum atomic E-state index is 11.7. The molecular weight excluding hydrogens is 272 g/mol. The molecule has 5 nitrogen and oxygen atoms in total. The molecule has 0 fully saturated rings. The molecule has 0 aliphatic rings. The second-order valence-corrected chi connectivity index (χ2v) is 5.79. The Morgan fingerprint density at radius 2 is 2.33 bits per heavy atom. The third-order valence-corrected chi connectivity index (χ3v) is 4.00. The van der Waals surface area contributed by atoms with Gasteiger partial charge in [0.2, 0.25) is 0 Å². The fourth-order valence-electron chi connectivity index (χ4n) is 1.23. The Kier molecular flexibility index (Phi) is 6.74. The van der Waals surface area contributed by atoms with Crippen molar-refractivity contribution in [2.45, 2.75) is 19.8 Å². The predicted molar refractivity (Wildman–Crippen MR) is 73.4 cm³/mol. The van der Waals surface area contributed by atoms with E-state index in [1.54, 1.807) is 6.20 Å². The first-order valence-electron chi connectivity index (χ1n) is 5.66. The lowest BCUT2D eigenvalue weighted by Gasteiger charge is -2.01. The Morgan fingerprint density at radius 3 is 3.00 bits per heavy atom. The van der Waals surface area contributed by atoms with Crippen molar-refractivity contribution in [3.8, 4) is 0 Å². The lowest BCUT2D eigenvalue weighted by atomic mass is 10.4. The maximum Gasteiger partial charge on any atom is 0.313 e. The second-order valence-electron chi connectivity index (χ2n) is 3.57. The summed E-state index contributed by atoms with van der Waals surface area (Å²) in [5.41, 5.74) is 0. The van der Waals surface area contributed by atoms with E-state index >= 15 is 0 Å². The fraction of sp³-hybridized carbons (Fsp3) is 0.545. The molecule has 0 atom stereocenters. The van der Waals surface area contributed by atoms with Crippen LogP contribution in [-0.2, 0) is 11.2 Å². The first kappa shape index (κ1) is 15.0. The van der Waals surface area contributed by atoms with Crippen LogP contribution in [-0.4, -0.2) is 40.0 Å². The van der Waals surface area contributed by atoms with Gasteiger partial charge in [0.15, 0.2) is 0 Å². The molecule has 1 aromatic rings. The first-order valence-corrected chi connectivity index (χ1v) is 7.63. The first-order chi connectivity index (χ1) is 8.63.